The second kappa shape index (κ2) is 5.32. The van der Waals surface area contributed by atoms with Crippen LogP contribution < -0.4 is 10.9 Å². The minimum Gasteiger partial charge on any atom is -0.305 e. The fourth-order valence-electron chi connectivity index (χ4n) is 2.25. The predicted molar refractivity (Wildman–Crippen MR) is 76.0 cm³/mol. The minimum atomic E-state index is -0.442. The highest BCUT2D eigenvalue weighted by Crippen LogP contribution is 2.32. The Hall–Kier alpha value is -2.37. The van der Waals surface area contributed by atoms with Crippen LogP contribution in [0.2, 0.25) is 0 Å². The van der Waals surface area contributed by atoms with E-state index < -0.39 is 4.92 Å². The van der Waals surface area contributed by atoms with Crippen molar-refractivity contribution in [2.75, 3.05) is 5.43 Å². The highest BCUT2D eigenvalue weighted by Gasteiger charge is 2.27. The Kier molecular flexibility index (Phi) is 3.74. The van der Waals surface area contributed by atoms with E-state index in [-0.39, 0.29) is 16.9 Å². The van der Waals surface area contributed by atoms with Crippen LogP contribution in [-0.2, 0) is 4.79 Å². The van der Waals surface area contributed by atoms with Crippen LogP contribution in [-0.4, -0.2) is 10.7 Å². The highest BCUT2D eigenvalue weighted by molar-refractivity contribution is 5.91. The number of nitro groups is 1. The van der Waals surface area contributed by atoms with Crippen molar-refractivity contribution in [1.29, 1.82) is 0 Å². The third kappa shape index (κ3) is 3.57. The molecule has 2 rings (SSSR count). The first-order valence-electron chi connectivity index (χ1n) is 6.36. The zero-order valence-electron chi connectivity index (χ0n) is 11.5. The average molecular weight is 275 g/mol. The number of non-ortho nitro benzene ring substituents is 1. The molecule has 1 aromatic carbocycles. The standard InChI is InChI=1S/C14H17N3O3/c1-14(2)8-11(7-13(18)9-14)16-15-10-3-5-12(6-4-10)17(19)20/h3-7,15-16H,8-9H2,1-2H3. The van der Waals surface area contributed by atoms with Gasteiger partial charge < -0.3 is 10.9 Å². The molecule has 0 heterocycles. The lowest BCUT2D eigenvalue weighted by Gasteiger charge is -2.29. The number of ketones is 1. The quantitative estimate of drug-likeness (QED) is 0.652. The molecule has 0 amide bonds. The van der Waals surface area contributed by atoms with Crippen LogP contribution in [0.15, 0.2) is 36.0 Å². The summed E-state index contributed by atoms with van der Waals surface area (Å²) in [5.74, 6) is 0.106. The van der Waals surface area contributed by atoms with Gasteiger partial charge in [0.2, 0.25) is 0 Å². The van der Waals surface area contributed by atoms with E-state index in [1.807, 2.05) is 13.8 Å². The zero-order valence-corrected chi connectivity index (χ0v) is 11.5. The van der Waals surface area contributed by atoms with Crippen molar-refractivity contribution < 1.29 is 9.72 Å². The van der Waals surface area contributed by atoms with E-state index in [0.717, 1.165) is 12.1 Å². The molecule has 0 saturated carbocycles. The van der Waals surface area contributed by atoms with Gasteiger partial charge in [-0.3, -0.25) is 14.9 Å². The molecule has 1 aliphatic rings. The third-order valence-electron chi connectivity index (χ3n) is 3.10. The molecule has 106 valence electrons. The first kappa shape index (κ1) is 14.0. The number of anilines is 1. The van der Waals surface area contributed by atoms with E-state index in [2.05, 4.69) is 10.9 Å². The molecule has 0 atom stereocenters. The Morgan fingerprint density at radius 2 is 1.80 bits per heavy atom. The van der Waals surface area contributed by atoms with Crippen LogP contribution in [0.1, 0.15) is 26.7 Å². The summed E-state index contributed by atoms with van der Waals surface area (Å²) >= 11 is 0. The molecule has 0 aromatic heterocycles. The molecular weight excluding hydrogens is 258 g/mol. The first-order valence-corrected chi connectivity index (χ1v) is 6.36. The van der Waals surface area contributed by atoms with Crippen LogP contribution in [0.4, 0.5) is 11.4 Å². The van der Waals surface area contributed by atoms with Crippen LogP contribution in [0, 0.1) is 15.5 Å². The van der Waals surface area contributed by atoms with Gasteiger partial charge in [-0.05, 0) is 24.0 Å². The smallest absolute Gasteiger partial charge is 0.269 e. The molecule has 0 saturated heterocycles. The van der Waals surface area contributed by atoms with Gasteiger partial charge in [-0.15, -0.1) is 0 Å². The van der Waals surface area contributed by atoms with Gasteiger partial charge in [-0.1, -0.05) is 13.8 Å². The normalized spacial score (nSPS) is 17.3. The van der Waals surface area contributed by atoms with Crippen molar-refractivity contribution in [1.82, 2.24) is 5.43 Å². The fourth-order valence-corrected chi connectivity index (χ4v) is 2.25. The monoisotopic (exact) mass is 275 g/mol. The molecular formula is C14H17N3O3. The van der Waals surface area contributed by atoms with E-state index in [4.69, 9.17) is 0 Å². The maximum Gasteiger partial charge on any atom is 0.269 e. The lowest BCUT2D eigenvalue weighted by molar-refractivity contribution is -0.384. The third-order valence-corrected chi connectivity index (χ3v) is 3.10. The van der Waals surface area contributed by atoms with Crippen LogP contribution in [0.5, 0.6) is 0 Å². The second-order valence-electron chi connectivity index (χ2n) is 5.71. The maximum absolute atomic E-state index is 11.6. The Morgan fingerprint density at radius 1 is 1.15 bits per heavy atom. The average Bonchev–Trinajstić information content (AvgIpc) is 2.34. The number of carbonyl (C=O) groups is 1. The number of nitrogens with zero attached hydrogens (tertiary/aromatic N) is 1. The van der Waals surface area contributed by atoms with Crippen LogP contribution in [0.25, 0.3) is 0 Å². The van der Waals surface area contributed by atoms with Crippen molar-refractivity contribution in [3.05, 3.63) is 46.2 Å². The van der Waals surface area contributed by atoms with E-state index in [0.29, 0.717) is 12.1 Å². The largest absolute Gasteiger partial charge is 0.305 e. The number of benzene rings is 1. The van der Waals surface area contributed by atoms with Crippen LogP contribution in [0.3, 0.4) is 0 Å². The summed E-state index contributed by atoms with van der Waals surface area (Å²) in [7, 11) is 0. The number of rotatable bonds is 4. The number of hydrazine groups is 1. The van der Waals surface area contributed by atoms with E-state index in [1.165, 1.54) is 12.1 Å². The van der Waals surface area contributed by atoms with Gasteiger partial charge in [0.15, 0.2) is 5.78 Å². The van der Waals surface area contributed by atoms with Gasteiger partial charge in [-0.25, -0.2) is 0 Å². The predicted octanol–water partition coefficient (Wildman–Crippen LogP) is 2.78. The highest BCUT2D eigenvalue weighted by atomic mass is 16.6. The topological polar surface area (TPSA) is 84.3 Å². The molecule has 1 aromatic rings. The molecule has 0 spiro atoms. The Labute approximate surface area is 117 Å². The summed E-state index contributed by atoms with van der Waals surface area (Å²) in [5.41, 5.74) is 7.46. The molecule has 20 heavy (non-hydrogen) atoms. The SMILES string of the molecule is CC1(C)CC(=O)C=C(NNc2ccc([N+](=O)[O-])cc2)C1. The summed E-state index contributed by atoms with van der Waals surface area (Å²) in [6, 6.07) is 6.08. The molecule has 1 aliphatic carbocycles. The number of nitro benzene ring substituents is 1. The molecule has 6 heteroatoms. The molecule has 0 fully saturated rings. The Morgan fingerprint density at radius 3 is 2.35 bits per heavy atom. The summed E-state index contributed by atoms with van der Waals surface area (Å²) in [5, 5.41) is 10.5. The van der Waals surface area contributed by atoms with Gasteiger partial charge in [0.1, 0.15) is 0 Å². The van der Waals surface area contributed by atoms with Gasteiger partial charge in [0.25, 0.3) is 5.69 Å². The molecule has 0 radical (unpaired) electrons. The lowest BCUT2D eigenvalue weighted by Crippen LogP contribution is -2.30. The molecule has 0 unspecified atom stereocenters. The van der Waals surface area contributed by atoms with Crippen molar-refractivity contribution in [2.24, 2.45) is 5.41 Å². The van der Waals surface area contributed by atoms with Crippen molar-refractivity contribution in [3.63, 3.8) is 0 Å². The van der Waals surface area contributed by atoms with Gasteiger partial charge in [-0.2, -0.15) is 0 Å². The Bertz CT molecular complexity index is 562. The van der Waals surface area contributed by atoms with Gasteiger partial charge >= 0.3 is 0 Å². The van der Waals surface area contributed by atoms with Crippen LogP contribution >= 0.6 is 0 Å². The van der Waals surface area contributed by atoms with Crippen molar-refractivity contribution >= 4 is 17.2 Å². The molecule has 2 N–H and O–H groups in total. The summed E-state index contributed by atoms with van der Waals surface area (Å²) in [4.78, 5) is 21.7. The zero-order chi connectivity index (χ0) is 14.8. The molecule has 0 aliphatic heterocycles. The van der Waals surface area contributed by atoms with Crippen molar-refractivity contribution in [3.8, 4) is 0 Å². The summed E-state index contributed by atoms with van der Waals surface area (Å²) in [6.45, 7) is 4.09. The van der Waals surface area contributed by atoms with E-state index in [9.17, 15) is 14.9 Å². The number of allylic oxidation sites excluding steroid dienone is 2. The van der Waals surface area contributed by atoms with Crippen molar-refractivity contribution in [2.45, 2.75) is 26.7 Å². The number of hydrogen-bond acceptors (Lipinski definition) is 5. The second-order valence-corrected chi connectivity index (χ2v) is 5.71. The number of nitrogens with one attached hydrogen (secondary N) is 2. The number of carbonyl (C=O) groups excluding carboxylic acids is 1. The van der Waals surface area contributed by atoms with Gasteiger partial charge in [0.05, 0.1) is 10.6 Å². The maximum atomic E-state index is 11.6. The molecule has 6 nitrogen and oxygen atoms in total. The van der Waals surface area contributed by atoms with E-state index in [1.54, 1.807) is 18.2 Å². The minimum absolute atomic E-state index is 0.0451. The fraction of sp³-hybridized carbons (Fsp3) is 0.357. The first-order chi connectivity index (χ1) is 9.35. The summed E-state index contributed by atoms with van der Waals surface area (Å²) in [6.07, 6.45) is 2.93. The van der Waals surface area contributed by atoms with Gasteiger partial charge in [0, 0.05) is 30.3 Å². The Balaban J connectivity index is 1.98. The lowest BCUT2D eigenvalue weighted by atomic mass is 9.79. The van der Waals surface area contributed by atoms with E-state index >= 15 is 0 Å². The molecule has 0 bridgehead atoms. The number of hydrogen-bond donors (Lipinski definition) is 2. The summed E-state index contributed by atoms with van der Waals surface area (Å²) < 4.78 is 0.